The number of allylic oxidation sites excluding steroid dienone is 1. The molecular formula is C9H14O2. The van der Waals surface area contributed by atoms with Crippen LogP contribution in [0.1, 0.15) is 25.7 Å². The minimum atomic E-state index is -0.282. The van der Waals surface area contributed by atoms with Gasteiger partial charge in [0.1, 0.15) is 6.10 Å². The molecule has 0 aromatic heterocycles. The Hall–Kier alpha value is -0.630. The molecule has 1 aliphatic carbocycles. The maximum Gasteiger partial charge on any atom is 0.152 e. The Kier molecular flexibility index (Phi) is 3.30. The number of carbonyl (C=O) groups is 1. The zero-order valence-electron chi connectivity index (χ0n) is 6.88. The lowest BCUT2D eigenvalue weighted by atomic mass is 9.96. The molecule has 0 amide bonds. The molecule has 0 spiro atoms. The molecule has 0 fully saturated rings. The van der Waals surface area contributed by atoms with Crippen LogP contribution >= 0.6 is 0 Å². The third kappa shape index (κ3) is 2.15. The molecule has 0 bridgehead atoms. The van der Waals surface area contributed by atoms with Crippen molar-refractivity contribution < 1.29 is 9.53 Å². The van der Waals surface area contributed by atoms with Gasteiger partial charge in [0.15, 0.2) is 6.29 Å². The molecule has 0 aliphatic heterocycles. The molecule has 0 saturated heterocycles. The van der Waals surface area contributed by atoms with Crippen LogP contribution in [0.5, 0.6) is 0 Å². The highest BCUT2D eigenvalue weighted by Gasteiger charge is 2.13. The largest absolute Gasteiger partial charge is 0.370 e. The molecule has 0 aromatic carbocycles. The number of rotatable bonds is 3. The van der Waals surface area contributed by atoms with Crippen molar-refractivity contribution in [2.75, 3.05) is 7.11 Å². The average Bonchev–Trinajstić information content (AvgIpc) is 2.09. The van der Waals surface area contributed by atoms with Crippen LogP contribution in [-0.2, 0) is 9.53 Å². The van der Waals surface area contributed by atoms with Crippen molar-refractivity contribution in [2.24, 2.45) is 0 Å². The second-order valence-electron chi connectivity index (χ2n) is 2.82. The molecule has 0 radical (unpaired) electrons. The van der Waals surface area contributed by atoms with Crippen LogP contribution in [-0.4, -0.2) is 19.5 Å². The van der Waals surface area contributed by atoms with Gasteiger partial charge in [-0.3, -0.25) is 0 Å². The monoisotopic (exact) mass is 154 g/mol. The second kappa shape index (κ2) is 4.29. The van der Waals surface area contributed by atoms with E-state index in [1.54, 1.807) is 7.11 Å². The van der Waals surface area contributed by atoms with Crippen LogP contribution in [0, 0.1) is 0 Å². The van der Waals surface area contributed by atoms with Gasteiger partial charge in [0.05, 0.1) is 0 Å². The summed E-state index contributed by atoms with van der Waals surface area (Å²) >= 11 is 0. The van der Waals surface area contributed by atoms with Gasteiger partial charge in [0.25, 0.3) is 0 Å². The number of aldehydes is 1. The Morgan fingerprint density at radius 2 is 2.45 bits per heavy atom. The van der Waals surface area contributed by atoms with Gasteiger partial charge in [0.2, 0.25) is 0 Å². The van der Waals surface area contributed by atoms with Crippen molar-refractivity contribution in [1.29, 1.82) is 0 Å². The van der Waals surface area contributed by atoms with Gasteiger partial charge in [-0.05, 0) is 31.3 Å². The highest BCUT2D eigenvalue weighted by molar-refractivity contribution is 5.61. The Bertz CT molecular complexity index is 161. The Morgan fingerprint density at radius 1 is 1.64 bits per heavy atom. The van der Waals surface area contributed by atoms with Gasteiger partial charge in [0, 0.05) is 7.11 Å². The fraction of sp³-hybridized carbons (Fsp3) is 0.667. The standard InChI is InChI=1S/C9H14O2/c1-11-9(7-10)8-5-3-2-4-6-8/h5,7,9H,2-4,6H2,1H3. The SMILES string of the molecule is COC(C=O)C1=CCCCC1. The van der Waals surface area contributed by atoms with Crippen molar-refractivity contribution in [3.8, 4) is 0 Å². The van der Waals surface area contributed by atoms with E-state index in [4.69, 9.17) is 4.74 Å². The summed E-state index contributed by atoms with van der Waals surface area (Å²) in [5.41, 5.74) is 1.16. The van der Waals surface area contributed by atoms with E-state index in [9.17, 15) is 4.79 Å². The summed E-state index contributed by atoms with van der Waals surface area (Å²) < 4.78 is 5.00. The number of methoxy groups -OCH3 is 1. The van der Waals surface area contributed by atoms with Gasteiger partial charge in [-0.1, -0.05) is 6.08 Å². The van der Waals surface area contributed by atoms with Crippen LogP contribution in [0.4, 0.5) is 0 Å². The van der Waals surface area contributed by atoms with E-state index in [-0.39, 0.29) is 6.10 Å². The Labute approximate surface area is 67.2 Å². The van der Waals surface area contributed by atoms with E-state index < -0.39 is 0 Å². The molecule has 0 heterocycles. The molecule has 1 unspecified atom stereocenters. The third-order valence-corrected chi connectivity index (χ3v) is 2.07. The normalized spacial score (nSPS) is 20.6. The molecule has 2 heteroatoms. The van der Waals surface area contributed by atoms with Crippen molar-refractivity contribution in [3.63, 3.8) is 0 Å². The van der Waals surface area contributed by atoms with Crippen LogP contribution in [0.2, 0.25) is 0 Å². The lowest BCUT2D eigenvalue weighted by Gasteiger charge is -2.16. The molecule has 11 heavy (non-hydrogen) atoms. The van der Waals surface area contributed by atoms with Crippen LogP contribution in [0.15, 0.2) is 11.6 Å². The lowest BCUT2D eigenvalue weighted by Crippen LogP contribution is -2.16. The zero-order valence-corrected chi connectivity index (χ0v) is 6.88. The van der Waals surface area contributed by atoms with Crippen molar-refractivity contribution in [1.82, 2.24) is 0 Å². The molecule has 0 aromatic rings. The summed E-state index contributed by atoms with van der Waals surface area (Å²) in [5, 5.41) is 0. The van der Waals surface area contributed by atoms with Crippen molar-refractivity contribution >= 4 is 6.29 Å². The maximum atomic E-state index is 10.5. The van der Waals surface area contributed by atoms with E-state index in [0.717, 1.165) is 24.7 Å². The van der Waals surface area contributed by atoms with E-state index in [0.29, 0.717) is 0 Å². The molecule has 1 aliphatic rings. The summed E-state index contributed by atoms with van der Waals surface area (Å²) in [6.07, 6.45) is 7.29. The summed E-state index contributed by atoms with van der Waals surface area (Å²) in [4.78, 5) is 10.5. The van der Waals surface area contributed by atoms with E-state index in [2.05, 4.69) is 6.08 Å². The molecule has 2 nitrogen and oxygen atoms in total. The smallest absolute Gasteiger partial charge is 0.152 e. The maximum absolute atomic E-state index is 10.5. The number of hydrogen-bond donors (Lipinski definition) is 0. The lowest BCUT2D eigenvalue weighted by molar-refractivity contribution is -0.114. The van der Waals surface area contributed by atoms with E-state index >= 15 is 0 Å². The topological polar surface area (TPSA) is 26.3 Å². The fourth-order valence-electron chi connectivity index (χ4n) is 1.42. The van der Waals surface area contributed by atoms with Crippen molar-refractivity contribution in [2.45, 2.75) is 31.8 Å². The summed E-state index contributed by atoms with van der Waals surface area (Å²) in [5.74, 6) is 0. The van der Waals surface area contributed by atoms with Crippen molar-refractivity contribution in [3.05, 3.63) is 11.6 Å². The zero-order chi connectivity index (χ0) is 8.10. The number of carbonyl (C=O) groups excluding carboxylic acids is 1. The summed E-state index contributed by atoms with van der Waals surface area (Å²) in [7, 11) is 1.58. The fourth-order valence-corrected chi connectivity index (χ4v) is 1.42. The first kappa shape index (κ1) is 8.47. The van der Waals surface area contributed by atoms with E-state index in [1.807, 2.05) is 0 Å². The number of hydrogen-bond acceptors (Lipinski definition) is 2. The first-order chi connectivity index (χ1) is 5.38. The predicted octanol–water partition coefficient (Wildman–Crippen LogP) is 1.70. The molecule has 0 N–H and O–H groups in total. The van der Waals surface area contributed by atoms with Crippen LogP contribution in [0.25, 0.3) is 0 Å². The second-order valence-corrected chi connectivity index (χ2v) is 2.82. The first-order valence-corrected chi connectivity index (χ1v) is 4.05. The third-order valence-electron chi connectivity index (χ3n) is 2.07. The Morgan fingerprint density at radius 3 is 2.91 bits per heavy atom. The minimum absolute atomic E-state index is 0.282. The van der Waals surface area contributed by atoms with Crippen LogP contribution in [0.3, 0.4) is 0 Å². The van der Waals surface area contributed by atoms with Crippen LogP contribution < -0.4 is 0 Å². The summed E-state index contributed by atoms with van der Waals surface area (Å²) in [6, 6.07) is 0. The predicted molar refractivity (Wildman–Crippen MR) is 43.4 cm³/mol. The highest BCUT2D eigenvalue weighted by Crippen LogP contribution is 2.20. The quantitative estimate of drug-likeness (QED) is 0.457. The summed E-state index contributed by atoms with van der Waals surface area (Å²) in [6.45, 7) is 0. The molecule has 1 rings (SSSR count). The highest BCUT2D eigenvalue weighted by atomic mass is 16.5. The van der Waals surface area contributed by atoms with Gasteiger partial charge in [-0.15, -0.1) is 0 Å². The molecule has 0 saturated carbocycles. The van der Waals surface area contributed by atoms with E-state index in [1.165, 1.54) is 12.8 Å². The Balaban J connectivity index is 2.55. The van der Waals surface area contributed by atoms with Gasteiger partial charge >= 0.3 is 0 Å². The number of ether oxygens (including phenoxy) is 1. The molecule has 62 valence electrons. The minimum Gasteiger partial charge on any atom is -0.370 e. The van der Waals surface area contributed by atoms with Gasteiger partial charge in [-0.2, -0.15) is 0 Å². The molecule has 1 atom stereocenters. The first-order valence-electron chi connectivity index (χ1n) is 4.05. The average molecular weight is 154 g/mol. The van der Waals surface area contributed by atoms with Gasteiger partial charge < -0.3 is 9.53 Å². The van der Waals surface area contributed by atoms with Gasteiger partial charge in [-0.25, -0.2) is 0 Å². The molecular weight excluding hydrogens is 140 g/mol.